The smallest absolute Gasteiger partial charge is 0.322 e. The number of sulfone groups is 1. The van der Waals surface area contributed by atoms with Crippen molar-refractivity contribution in [2.75, 3.05) is 43.5 Å². The summed E-state index contributed by atoms with van der Waals surface area (Å²) in [5.74, 6) is -1.33. The van der Waals surface area contributed by atoms with Crippen LogP contribution in [0, 0.1) is 0 Å². The summed E-state index contributed by atoms with van der Waals surface area (Å²) in [4.78, 5) is 53.9. The lowest BCUT2D eigenvalue weighted by Crippen LogP contribution is -2.54. The lowest BCUT2D eigenvalue weighted by Gasteiger charge is -2.31. The van der Waals surface area contributed by atoms with Gasteiger partial charge in [0.05, 0.1) is 35.6 Å². The Balaban J connectivity index is 1.27. The molecule has 5 amide bonds. The second-order valence-corrected chi connectivity index (χ2v) is 11.7. The maximum absolute atomic E-state index is 13.1. The molecule has 0 aliphatic carbocycles. The van der Waals surface area contributed by atoms with Crippen LogP contribution < -0.4 is 20.9 Å². The van der Waals surface area contributed by atoms with E-state index in [0.29, 0.717) is 55.5 Å². The number of nitrogens with zero attached hydrogens (tertiary/aromatic N) is 2. The molecule has 2 atom stereocenters. The van der Waals surface area contributed by atoms with Crippen LogP contribution in [0.15, 0.2) is 53.4 Å². The molecule has 0 spiro atoms. The minimum atomic E-state index is -3.31. The number of urea groups is 1. The molecule has 2 saturated heterocycles. The van der Waals surface area contributed by atoms with Crippen LogP contribution in [0.1, 0.15) is 22.3 Å². The van der Waals surface area contributed by atoms with Gasteiger partial charge in [-0.25, -0.2) is 13.2 Å². The van der Waals surface area contributed by atoms with Gasteiger partial charge in [0.25, 0.3) is 11.8 Å². The van der Waals surface area contributed by atoms with Crippen molar-refractivity contribution in [2.45, 2.75) is 29.9 Å². The summed E-state index contributed by atoms with van der Waals surface area (Å²) in [6.45, 7) is 2.47. The minimum absolute atomic E-state index is 0.0281. The number of carbonyl (C=O) groups is 4. The maximum Gasteiger partial charge on any atom is 0.322 e. The zero-order chi connectivity index (χ0) is 27.6. The molecular formula is C26H29N5O7S. The Morgan fingerprint density at radius 2 is 1.74 bits per heavy atom. The van der Waals surface area contributed by atoms with E-state index in [-0.39, 0.29) is 18.1 Å². The summed E-state index contributed by atoms with van der Waals surface area (Å²) in [6, 6.07) is 11.0. The molecule has 3 aliphatic heterocycles. The number of morpholine rings is 1. The zero-order valence-corrected chi connectivity index (χ0v) is 21.9. The average Bonchev–Trinajstić information content (AvgIpc) is 3.28. The molecule has 13 heteroatoms. The summed E-state index contributed by atoms with van der Waals surface area (Å²) in [5.41, 5.74) is 1.84. The molecule has 0 saturated carbocycles. The topological polar surface area (TPSA) is 154 Å². The fourth-order valence-corrected chi connectivity index (χ4v) is 6.42. The van der Waals surface area contributed by atoms with Crippen LogP contribution in [-0.2, 0) is 30.7 Å². The molecule has 2 fully saturated rings. The van der Waals surface area contributed by atoms with Gasteiger partial charge in [-0.05, 0) is 29.8 Å². The molecule has 2 unspecified atom stereocenters. The van der Waals surface area contributed by atoms with Crippen LogP contribution in [-0.4, -0.2) is 87.8 Å². The van der Waals surface area contributed by atoms with Gasteiger partial charge < -0.3 is 25.2 Å². The van der Waals surface area contributed by atoms with Crippen LogP contribution in [0.4, 0.5) is 10.5 Å². The van der Waals surface area contributed by atoms with Crippen LogP contribution >= 0.6 is 0 Å². The number of hydrogen-bond donors (Lipinski definition) is 3. The van der Waals surface area contributed by atoms with Crippen molar-refractivity contribution in [2.24, 2.45) is 0 Å². The lowest BCUT2D eigenvalue weighted by molar-refractivity contribution is -0.136. The largest absolute Gasteiger partial charge is 0.378 e. The van der Waals surface area contributed by atoms with E-state index in [1.807, 2.05) is 4.90 Å². The normalized spacial score (nSPS) is 21.0. The highest BCUT2D eigenvalue weighted by Gasteiger charge is 2.39. The van der Waals surface area contributed by atoms with Crippen LogP contribution in [0.3, 0.4) is 0 Å². The van der Waals surface area contributed by atoms with E-state index in [4.69, 9.17) is 4.74 Å². The van der Waals surface area contributed by atoms with Gasteiger partial charge >= 0.3 is 6.03 Å². The number of hydrogen-bond acceptors (Lipinski definition) is 8. The Morgan fingerprint density at radius 3 is 2.44 bits per heavy atom. The molecule has 0 radical (unpaired) electrons. The highest BCUT2D eigenvalue weighted by molar-refractivity contribution is 7.91. The van der Waals surface area contributed by atoms with E-state index in [1.54, 1.807) is 53.4 Å². The second kappa shape index (κ2) is 11.0. The molecule has 0 aromatic heterocycles. The monoisotopic (exact) mass is 555 g/mol. The molecule has 39 heavy (non-hydrogen) atoms. The molecule has 12 nitrogen and oxygen atoms in total. The summed E-state index contributed by atoms with van der Waals surface area (Å²) in [7, 11) is -3.31. The third-order valence-electron chi connectivity index (χ3n) is 7.04. The molecule has 3 heterocycles. The second-order valence-electron chi connectivity index (χ2n) is 9.62. The quantitative estimate of drug-likeness (QED) is 0.405. The first-order valence-electron chi connectivity index (χ1n) is 12.6. The third-order valence-corrected chi connectivity index (χ3v) is 8.78. The number of fused-ring (bicyclic) bond motifs is 1. The van der Waals surface area contributed by atoms with Crippen molar-refractivity contribution in [3.8, 4) is 0 Å². The highest BCUT2D eigenvalue weighted by Crippen LogP contribution is 2.31. The van der Waals surface area contributed by atoms with Crippen molar-refractivity contribution in [3.63, 3.8) is 0 Å². The molecule has 2 aromatic carbocycles. The summed E-state index contributed by atoms with van der Waals surface area (Å²) in [6.07, 6.45) is -0.167. The van der Waals surface area contributed by atoms with Crippen molar-refractivity contribution in [1.82, 2.24) is 20.9 Å². The number of anilines is 1. The van der Waals surface area contributed by atoms with Gasteiger partial charge in [-0.1, -0.05) is 24.3 Å². The summed E-state index contributed by atoms with van der Waals surface area (Å²) in [5, 5.41) is 7.37. The van der Waals surface area contributed by atoms with Gasteiger partial charge in [-0.2, -0.15) is 0 Å². The maximum atomic E-state index is 13.1. The van der Waals surface area contributed by atoms with Crippen LogP contribution in [0.5, 0.6) is 0 Å². The van der Waals surface area contributed by atoms with Crippen LogP contribution in [0.2, 0.25) is 0 Å². The van der Waals surface area contributed by atoms with Crippen molar-refractivity contribution < 1.29 is 32.3 Å². The van der Waals surface area contributed by atoms with E-state index < -0.39 is 39.8 Å². The molecule has 0 bridgehead atoms. The van der Waals surface area contributed by atoms with E-state index >= 15 is 0 Å². The molecule has 2 aromatic rings. The number of carbonyl (C=O) groups excluding carboxylic acids is 4. The van der Waals surface area contributed by atoms with Gasteiger partial charge in [0.1, 0.15) is 6.04 Å². The van der Waals surface area contributed by atoms with Gasteiger partial charge in [0, 0.05) is 38.2 Å². The number of amides is 5. The Morgan fingerprint density at radius 1 is 1.03 bits per heavy atom. The van der Waals surface area contributed by atoms with Gasteiger partial charge in [-0.3, -0.25) is 19.7 Å². The Hall–Kier alpha value is -3.97. The number of para-hydroxylation sites is 1. The molecule has 5 rings (SSSR count). The van der Waals surface area contributed by atoms with E-state index in [1.165, 1.54) is 0 Å². The van der Waals surface area contributed by atoms with E-state index in [0.717, 1.165) is 5.56 Å². The average molecular weight is 556 g/mol. The molecule has 206 valence electrons. The lowest BCUT2D eigenvalue weighted by atomic mass is 10.0. The Labute approximate surface area is 225 Å². The fourth-order valence-electron chi connectivity index (χ4n) is 4.94. The van der Waals surface area contributed by atoms with Crippen LogP contribution in [0.25, 0.3) is 0 Å². The van der Waals surface area contributed by atoms with Crippen molar-refractivity contribution >= 4 is 39.3 Å². The third kappa shape index (κ3) is 5.88. The fraction of sp³-hybridized carbons (Fsp3) is 0.385. The molecular weight excluding hydrogens is 526 g/mol. The van der Waals surface area contributed by atoms with Gasteiger partial charge in [0.15, 0.2) is 9.84 Å². The zero-order valence-electron chi connectivity index (χ0n) is 21.1. The van der Waals surface area contributed by atoms with E-state index in [9.17, 15) is 27.6 Å². The minimum Gasteiger partial charge on any atom is -0.378 e. The highest BCUT2D eigenvalue weighted by atomic mass is 32.2. The predicted molar refractivity (Wildman–Crippen MR) is 140 cm³/mol. The van der Waals surface area contributed by atoms with Crippen molar-refractivity contribution in [3.05, 3.63) is 59.7 Å². The van der Waals surface area contributed by atoms with Crippen molar-refractivity contribution in [1.29, 1.82) is 0 Å². The summed E-state index contributed by atoms with van der Waals surface area (Å²) >= 11 is 0. The number of imide groups is 1. The first kappa shape index (κ1) is 26.6. The summed E-state index contributed by atoms with van der Waals surface area (Å²) < 4.78 is 30.1. The first-order valence-corrected chi connectivity index (χ1v) is 14.3. The standard InChI is InChI=1S/C26H29N5O7S/c32-22(30-9-12-38-13-10-30)15-19(23-25(34)29-26(35)28-23)27-24(33)18-7-5-17(6-8-18)16-31-11-14-39(36,37)21-4-2-1-3-20(21)31/h1-8,19,23H,9-16H2,(H,27,33)(H2,28,29,34,35). The predicted octanol–water partition coefficient (Wildman–Crippen LogP) is 0.0358. The SMILES string of the molecule is O=C1NC(=O)C(C(CC(=O)N2CCOCC2)NC(=O)c2ccc(CN3CCS(=O)(=O)c4ccccc43)cc2)N1. The van der Waals surface area contributed by atoms with Gasteiger partial charge in [0.2, 0.25) is 5.91 Å². The Kier molecular flexibility index (Phi) is 7.53. The van der Waals surface area contributed by atoms with Gasteiger partial charge in [-0.15, -0.1) is 0 Å². The number of rotatable bonds is 7. The number of nitrogens with one attached hydrogen (secondary N) is 3. The van der Waals surface area contributed by atoms with E-state index in [2.05, 4.69) is 16.0 Å². The Bertz CT molecular complexity index is 1390. The first-order chi connectivity index (χ1) is 18.7. The molecule has 3 N–H and O–H groups in total. The number of benzene rings is 2. The number of ether oxygens (including phenoxy) is 1. The molecule has 3 aliphatic rings.